The fourth-order valence-corrected chi connectivity index (χ4v) is 2.46. The Labute approximate surface area is 114 Å². The number of H-pyrrole nitrogens is 1. The maximum atomic E-state index is 6.12. The zero-order valence-electron chi connectivity index (χ0n) is 12.2. The average Bonchev–Trinajstić information content (AvgIpc) is 2.80. The van der Waals surface area contributed by atoms with Gasteiger partial charge in [0.25, 0.3) is 0 Å². The highest BCUT2D eigenvalue weighted by Gasteiger charge is 2.52. The van der Waals surface area contributed by atoms with Crippen LogP contribution in [0.2, 0.25) is 0 Å². The molecule has 0 unspecified atom stereocenters. The van der Waals surface area contributed by atoms with E-state index in [9.17, 15) is 0 Å². The first kappa shape index (κ1) is 12.8. The van der Waals surface area contributed by atoms with E-state index >= 15 is 0 Å². The number of aryl methyl sites for hydroxylation is 1. The van der Waals surface area contributed by atoms with E-state index in [2.05, 4.69) is 57.8 Å². The number of benzene rings is 1. The lowest BCUT2D eigenvalue weighted by Crippen LogP contribution is -2.41. The van der Waals surface area contributed by atoms with E-state index in [0.29, 0.717) is 0 Å². The Bertz CT molecular complexity index is 614. The van der Waals surface area contributed by atoms with Crippen molar-refractivity contribution in [3.8, 4) is 0 Å². The quantitative estimate of drug-likeness (QED) is 0.797. The minimum atomic E-state index is -0.297. The van der Waals surface area contributed by atoms with Crippen LogP contribution in [-0.4, -0.2) is 23.3 Å². The van der Waals surface area contributed by atoms with E-state index in [1.807, 2.05) is 6.20 Å². The third-order valence-electron chi connectivity index (χ3n) is 4.45. The van der Waals surface area contributed by atoms with Gasteiger partial charge >= 0.3 is 7.12 Å². The highest BCUT2D eigenvalue weighted by Crippen LogP contribution is 2.36. The molecule has 0 atom stereocenters. The molecule has 1 saturated heterocycles. The summed E-state index contributed by atoms with van der Waals surface area (Å²) in [6.45, 7) is 10.4. The van der Waals surface area contributed by atoms with Crippen LogP contribution in [0.4, 0.5) is 0 Å². The molecule has 0 saturated carbocycles. The predicted octanol–water partition coefficient (Wildman–Crippen LogP) is 2.78. The van der Waals surface area contributed by atoms with Gasteiger partial charge in [0.1, 0.15) is 0 Å². The van der Waals surface area contributed by atoms with Crippen molar-refractivity contribution >= 4 is 23.5 Å². The Morgan fingerprint density at radius 3 is 2.32 bits per heavy atom. The number of hydrogen-bond acceptors (Lipinski definition) is 2. The molecule has 4 heteroatoms. The van der Waals surface area contributed by atoms with E-state index in [-0.39, 0.29) is 18.3 Å². The predicted molar refractivity (Wildman–Crippen MR) is 78.8 cm³/mol. The van der Waals surface area contributed by atoms with Crippen LogP contribution >= 0.6 is 0 Å². The molecule has 1 fully saturated rings. The highest BCUT2D eigenvalue weighted by atomic mass is 16.7. The summed E-state index contributed by atoms with van der Waals surface area (Å²) in [5, 5.41) is 1.22. The molecule has 1 aliphatic rings. The van der Waals surface area contributed by atoms with Crippen molar-refractivity contribution in [2.45, 2.75) is 45.8 Å². The maximum Gasteiger partial charge on any atom is 0.495 e. The van der Waals surface area contributed by atoms with Crippen molar-refractivity contribution in [3.05, 3.63) is 30.0 Å². The number of nitrogens with one attached hydrogen (secondary N) is 1. The molecular weight excluding hydrogens is 237 g/mol. The lowest BCUT2D eigenvalue weighted by Gasteiger charge is -2.32. The van der Waals surface area contributed by atoms with Crippen LogP contribution < -0.4 is 5.46 Å². The van der Waals surface area contributed by atoms with Crippen LogP contribution in [0.3, 0.4) is 0 Å². The minimum Gasteiger partial charge on any atom is -0.399 e. The second kappa shape index (κ2) is 3.87. The van der Waals surface area contributed by atoms with E-state index < -0.39 is 0 Å². The average molecular weight is 257 g/mol. The number of hydrogen-bond donors (Lipinski definition) is 1. The fraction of sp³-hybridized carbons (Fsp3) is 0.467. The van der Waals surface area contributed by atoms with Crippen molar-refractivity contribution in [1.82, 2.24) is 4.98 Å². The lowest BCUT2D eigenvalue weighted by atomic mass is 9.76. The van der Waals surface area contributed by atoms with Crippen LogP contribution in [0, 0.1) is 6.92 Å². The molecular formula is C15H20BNO2. The molecule has 1 aromatic carbocycles. The molecule has 1 N–H and O–H groups in total. The lowest BCUT2D eigenvalue weighted by molar-refractivity contribution is 0.00578. The summed E-state index contributed by atoms with van der Waals surface area (Å²) < 4.78 is 12.2. The van der Waals surface area contributed by atoms with Crippen LogP contribution in [0.5, 0.6) is 0 Å². The van der Waals surface area contributed by atoms with Crippen molar-refractivity contribution in [3.63, 3.8) is 0 Å². The fourth-order valence-electron chi connectivity index (χ4n) is 2.46. The van der Waals surface area contributed by atoms with Crippen LogP contribution in [-0.2, 0) is 9.31 Å². The SMILES string of the molecule is Cc1cc2cc[nH]c2cc1B1OC(C)(C)C(C)(C)O1. The molecule has 1 aliphatic heterocycles. The summed E-state index contributed by atoms with van der Waals surface area (Å²) >= 11 is 0. The molecule has 19 heavy (non-hydrogen) atoms. The van der Waals surface area contributed by atoms with Gasteiger partial charge < -0.3 is 14.3 Å². The van der Waals surface area contributed by atoms with E-state index in [1.165, 1.54) is 10.9 Å². The van der Waals surface area contributed by atoms with Crippen molar-refractivity contribution < 1.29 is 9.31 Å². The van der Waals surface area contributed by atoms with E-state index in [4.69, 9.17) is 9.31 Å². The molecule has 2 aromatic rings. The molecule has 1 aromatic heterocycles. The molecule has 2 heterocycles. The van der Waals surface area contributed by atoms with Gasteiger partial charge in [-0.25, -0.2) is 0 Å². The Morgan fingerprint density at radius 2 is 1.68 bits per heavy atom. The summed E-state index contributed by atoms with van der Waals surface area (Å²) in [6, 6.07) is 6.38. The van der Waals surface area contributed by atoms with Gasteiger partial charge in [-0.05, 0) is 57.6 Å². The maximum absolute atomic E-state index is 6.12. The van der Waals surface area contributed by atoms with Crippen molar-refractivity contribution in [1.29, 1.82) is 0 Å². The molecule has 0 radical (unpaired) electrons. The molecule has 3 rings (SSSR count). The zero-order valence-corrected chi connectivity index (χ0v) is 12.2. The molecule has 100 valence electrons. The first-order valence-electron chi connectivity index (χ1n) is 6.73. The third-order valence-corrected chi connectivity index (χ3v) is 4.45. The third kappa shape index (κ3) is 1.90. The van der Waals surface area contributed by atoms with Crippen LogP contribution in [0.25, 0.3) is 10.9 Å². The largest absolute Gasteiger partial charge is 0.495 e. The van der Waals surface area contributed by atoms with Crippen molar-refractivity contribution in [2.75, 3.05) is 0 Å². The summed E-state index contributed by atoms with van der Waals surface area (Å²) in [5.74, 6) is 0. The van der Waals surface area contributed by atoms with Gasteiger partial charge in [0.05, 0.1) is 11.2 Å². The van der Waals surface area contributed by atoms with Gasteiger partial charge in [-0.3, -0.25) is 0 Å². The van der Waals surface area contributed by atoms with Gasteiger partial charge in [0.2, 0.25) is 0 Å². The zero-order chi connectivity index (χ0) is 13.8. The standard InChI is InChI=1S/C15H20BNO2/c1-10-8-11-6-7-17-13(11)9-12(10)16-18-14(2,3)15(4,5)19-16/h6-9,17H,1-5H3. The number of aromatic nitrogens is 1. The minimum absolute atomic E-state index is 0.294. The second-order valence-corrected chi connectivity index (χ2v) is 6.36. The highest BCUT2D eigenvalue weighted by molar-refractivity contribution is 6.63. The first-order chi connectivity index (χ1) is 8.80. The normalized spacial score (nSPS) is 21.2. The molecule has 0 spiro atoms. The van der Waals surface area contributed by atoms with Gasteiger partial charge in [0, 0.05) is 11.7 Å². The van der Waals surface area contributed by atoms with Crippen molar-refractivity contribution in [2.24, 2.45) is 0 Å². The first-order valence-corrected chi connectivity index (χ1v) is 6.73. The van der Waals surface area contributed by atoms with Gasteiger partial charge in [-0.2, -0.15) is 0 Å². The summed E-state index contributed by atoms with van der Waals surface area (Å²) in [6.07, 6.45) is 1.96. The Morgan fingerprint density at radius 1 is 1.05 bits per heavy atom. The Balaban J connectivity index is 2.04. The van der Waals surface area contributed by atoms with Gasteiger partial charge in [-0.15, -0.1) is 0 Å². The van der Waals surface area contributed by atoms with E-state index in [0.717, 1.165) is 11.0 Å². The molecule has 0 bridgehead atoms. The molecule has 0 amide bonds. The van der Waals surface area contributed by atoms with Crippen LogP contribution in [0.1, 0.15) is 33.3 Å². The topological polar surface area (TPSA) is 34.2 Å². The van der Waals surface area contributed by atoms with Gasteiger partial charge in [-0.1, -0.05) is 11.6 Å². The monoisotopic (exact) mass is 257 g/mol. The summed E-state index contributed by atoms with van der Waals surface area (Å²) in [4.78, 5) is 3.24. The number of fused-ring (bicyclic) bond motifs is 1. The summed E-state index contributed by atoms with van der Waals surface area (Å²) in [7, 11) is -0.294. The van der Waals surface area contributed by atoms with E-state index in [1.54, 1.807) is 0 Å². The van der Waals surface area contributed by atoms with Crippen LogP contribution in [0.15, 0.2) is 24.4 Å². The molecule has 0 aliphatic carbocycles. The number of rotatable bonds is 1. The Kier molecular flexibility index (Phi) is 2.60. The molecule has 3 nitrogen and oxygen atoms in total. The number of aromatic amines is 1. The Hall–Kier alpha value is -1.26. The smallest absolute Gasteiger partial charge is 0.399 e. The van der Waals surface area contributed by atoms with Gasteiger partial charge in [0.15, 0.2) is 0 Å². The summed E-state index contributed by atoms with van der Waals surface area (Å²) in [5.41, 5.74) is 2.83. The second-order valence-electron chi connectivity index (χ2n) is 6.36.